The van der Waals surface area contributed by atoms with Crippen molar-refractivity contribution >= 4 is 64.3 Å². The molecule has 0 aliphatic heterocycles. The van der Waals surface area contributed by atoms with Crippen LogP contribution in [0.1, 0.15) is 0 Å². The Morgan fingerprint density at radius 2 is 0.792 bits per heavy atom. The lowest BCUT2D eigenvalue weighted by atomic mass is 10.1. The van der Waals surface area contributed by atoms with E-state index in [0.29, 0.717) is 17.5 Å². The summed E-state index contributed by atoms with van der Waals surface area (Å²) < 4.78 is 7.42. The molecular formula is C47H29N5S. The largest absolute Gasteiger partial charge is 0.308 e. The normalized spacial score (nSPS) is 11.8. The molecule has 0 saturated heterocycles. The van der Waals surface area contributed by atoms with Crippen LogP contribution in [-0.4, -0.2) is 24.1 Å². The van der Waals surface area contributed by atoms with E-state index in [0.717, 1.165) is 33.6 Å². The molecular weight excluding hydrogens is 667 g/mol. The molecule has 0 fully saturated rings. The molecule has 0 atom stereocenters. The zero-order chi connectivity index (χ0) is 34.9. The highest BCUT2D eigenvalue weighted by molar-refractivity contribution is 7.27. The minimum Gasteiger partial charge on any atom is -0.308 e. The van der Waals surface area contributed by atoms with Crippen molar-refractivity contribution in [2.75, 3.05) is 0 Å². The van der Waals surface area contributed by atoms with Gasteiger partial charge in [-0.15, -0.1) is 11.3 Å². The predicted octanol–water partition coefficient (Wildman–Crippen LogP) is 12.3. The molecule has 7 aromatic carbocycles. The SMILES string of the molecule is c1ccc(-c2nc(-c3ccccc3)nc(-c3cccc(-n4c5ccccc5c5ccc6c(sc7c8ccccc8n(-c8ccccc8)c67)c54)c3)n2)cc1. The molecule has 0 amide bonds. The topological polar surface area (TPSA) is 48.5 Å². The van der Waals surface area contributed by atoms with Gasteiger partial charge < -0.3 is 9.13 Å². The molecule has 0 aliphatic rings. The molecule has 0 unspecified atom stereocenters. The van der Waals surface area contributed by atoms with Crippen LogP contribution in [0.4, 0.5) is 0 Å². The summed E-state index contributed by atoms with van der Waals surface area (Å²) in [4.78, 5) is 15.0. The lowest BCUT2D eigenvalue weighted by Crippen LogP contribution is -2.01. The van der Waals surface area contributed by atoms with Gasteiger partial charge in [0.1, 0.15) is 0 Å². The molecule has 0 bridgehead atoms. The molecule has 11 aromatic rings. The Labute approximate surface area is 308 Å². The highest BCUT2D eigenvalue weighted by atomic mass is 32.1. The second-order valence-corrected chi connectivity index (χ2v) is 14.3. The fourth-order valence-corrected chi connectivity index (χ4v) is 9.17. The Kier molecular flexibility index (Phi) is 6.66. The van der Waals surface area contributed by atoms with E-state index in [1.807, 2.05) is 72.0 Å². The van der Waals surface area contributed by atoms with Crippen molar-refractivity contribution in [3.05, 3.63) is 176 Å². The zero-order valence-electron chi connectivity index (χ0n) is 28.4. The fourth-order valence-electron chi connectivity index (χ4n) is 7.81. The van der Waals surface area contributed by atoms with Crippen LogP contribution in [0.2, 0.25) is 0 Å². The fraction of sp³-hybridized carbons (Fsp3) is 0. The van der Waals surface area contributed by atoms with Crippen molar-refractivity contribution in [3.8, 4) is 45.5 Å². The van der Waals surface area contributed by atoms with Gasteiger partial charge in [0.15, 0.2) is 17.5 Å². The van der Waals surface area contributed by atoms with Crippen LogP contribution in [0.25, 0.3) is 98.5 Å². The van der Waals surface area contributed by atoms with Crippen LogP contribution in [0.15, 0.2) is 176 Å². The summed E-state index contributed by atoms with van der Waals surface area (Å²) in [5.74, 6) is 1.93. The average Bonchev–Trinajstić information content (AvgIpc) is 3.89. The van der Waals surface area contributed by atoms with Crippen LogP contribution in [0.5, 0.6) is 0 Å². The Bertz CT molecular complexity index is 3100. The van der Waals surface area contributed by atoms with Gasteiger partial charge in [-0.25, -0.2) is 15.0 Å². The van der Waals surface area contributed by atoms with Gasteiger partial charge in [-0.2, -0.15) is 0 Å². The smallest absolute Gasteiger partial charge is 0.164 e. The van der Waals surface area contributed by atoms with Crippen molar-refractivity contribution in [2.24, 2.45) is 0 Å². The summed E-state index contributed by atoms with van der Waals surface area (Å²) >= 11 is 1.89. The second-order valence-electron chi connectivity index (χ2n) is 13.2. The highest BCUT2D eigenvalue weighted by Crippen LogP contribution is 2.47. The summed E-state index contributed by atoms with van der Waals surface area (Å²) in [5, 5.41) is 4.97. The van der Waals surface area contributed by atoms with Gasteiger partial charge in [0, 0.05) is 49.6 Å². The van der Waals surface area contributed by atoms with Crippen LogP contribution >= 0.6 is 11.3 Å². The first-order chi connectivity index (χ1) is 26.3. The van der Waals surface area contributed by atoms with E-state index in [1.54, 1.807) is 0 Å². The summed E-state index contributed by atoms with van der Waals surface area (Å²) in [6.07, 6.45) is 0. The molecule has 0 radical (unpaired) electrons. The Hall–Kier alpha value is -6.89. The monoisotopic (exact) mass is 695 g/mol. The third kappa shape index (κ3) is 4.66. The van der Waals surface area contributed by atoms with E-state index >= 15 is 0 Å². The van der Waals surface area contributed by atoms with Crippen molar-refractivity contribution < 1.29 is 0 Å². The average molecular weight is 696 g/mol. The Morgan fingerprint density at radius 3 is 1.47 bits per heavy atom. The van der Waals surface area contributed by atoms with Crippen molar-refractivity contribution in [3.63, 3.8) is 0 Å². The molecule has 11 rings (SSSR count). The quantitative estimate of drug-likeness (QED) is 0.180. The van der Waals surface area contributed by atoms with E-state index in [-0.39, 0.29) is 0 Å². The van der Waals surface area contributed by atoms with Gasteiger partial charge in [-0.3, -0.25) is 0 Å². The number of hydrogen-bond donors (Lipinski definition) is 0. The van der Waals surface area contributed by atoms with E-state index in [9.17, 15) is 0 Å². The maximum atomic E-state index is 5.05. The summed E-state index contributed by atoms with van der Waals surface area (Å²) in [5.41, 5.74) is 9.87. The van der Waals surface area contributed by atoms with Gasteiger partial charge in [-0.05, 0) is 36.4 Å². The van der Waals surface area contributed by atoms with Crippen LogP contribution in [0, 0.1) is 0 Å². The lowest BCUT2D eigenvalue weighted by Gasteiger charge is -2.12. The third-order valence-corrected chi connectivity index (χ3v) is 11.4. The molecule has 0 saturated carbocycles. The number of benzene rings is 7. The van der Waals surface area contributed by atoms with E-state index in [1.165, 1.54) is 47.5 Å². The van der Waals surface area contributed by atoms with Gasteiger partial charge in [0.25, 0.3) is 0 Å². The van der Waals surface area contributed by atoms with Gasteiger partial charge in [-0.1, -0.05) is 140 Å². The van der Waals surface area contributed by atoms with E-state index < -0.39 is 0 Å². The molecule has 0 N–H and O–H groups in total. The van der Waals surface area contributed by atoms with Crippen LogP contribution in [0.3, 0.4) is 0 Å². The molecule has 248 valence electrons. The number of thiophene rings is 1. The van der Waals surface area contributed by atoms with Crippen molar-refractivity contribution in [1.82, 2.24) is 24.1 Å². The molecule has 0 spiro atoms. The minimum absolute atomic E-state index is 0.635. The zero-order valence-corrected chi connectivity index (χ0v) is 29.2. The van der Waals surface area contributed by atoms with Crippen LogP contribution in [-0.2, 0) is 0 Å². The minimum atomic E-state index is 0.635. The number of para-hydroxylation sites is 3. The molecule has 4 heterocycles. The second kappa shape index (κ2) is 11.8. The van der Waals surface area contributed by atoms with Gasteiger partial charge >= 0.3 is 0 Å². The van der Waals surface area contributed by atoms with E-state index in [2.05, 4.69) is 124 Å². The van der Waals surface area contributed by atoms with E-state index in [4.69, 9.17) is 15.0 Å². The van der Waals surface area contributed by atoms with Gasteiger partial charge in [0.2, 0.25) is 0 Å². The first-order valence-corrected chi connectivity index (χ1v) is 18.5. The lowest BCUT2D eigenvalue weighted by molar-refractivity contribution is 1.07. The summed E-state index contributed by atoms with van der Waals surface area (Å²) in [6, 6.07) is 61.7. The first kappa shape index (κ1) is 29.8. The third-order valence-electron chi connectivity index (χ3n) is 10.2. The molecule has 53 heavy (non-hydrogen) atoms. The first-order valence-electron chi connectivity index (χ1n) is 17.7. The highest BCUT2D eigenvalue weighted by Gasteiger charge is 2.23. The standard InChI is InChI=1S/C47H29N5S/c1-4-15-30(16-5-1)45-48-46(31-17-6-2-7-18-31)50-47(49-45)32-19-14-22-34(29-32)52-39-25-12-10-23-35(39)36-27-28-38-42-43(53-44(38)41(36)52)37-24-11-13-26-40(37)51(42)33-20-8-3-9-21-33/h1-29H. The number of aromatic nitrogens is 5. The maximum Gasteiger partial charge on any atom is 0.164 e. The Balaban J connectivity index is 1.18. The summed E-state index contributed by atoms with van der Waals surface area (Å²) in [6.45, 7) is 0. The molecule has 4 aromatic heterocycles. The summed E-state index contributed by atoms with van der Waals surface area (Å²) in [7, 11) is 0. The number of nitrogens with zero attached hydrogens (tertiary/aromatic N) is 5. The molecule has 0 aliphatic carbocycles. The number of rotatable bonds is 5. The number of hydrogen-bond acceptors (Lipinski definition) is 4. The van der Waals surface area contributed by atoms with Crippen molar-refractivity contribution in [1.29, 1.82) is 0 Å². The Morgan fingerprint density at radius 1 is 0.340 bits per heavy atom. The maximum absolute atomic E-state index is 5.05. The van der Waals surface area contributed by atoms with Gasteiger partial charge in [0.05, 0.1) is 31.5 Å². The molecule has 6 heteroatoms. The molecule has 5 nitrogen and oxygen atoms in total. The number of fused-ring (bicyclic) bond motifs is 9. The van der Waals surface area contributed by atoms with Crippen molar-refractivity contribution in [2.45, 2.75) is 0 Å². The van der Waals surface area contributed by atoms with Crippen LogP contribution < -0.4 is 0 Å². The predicted molar refractivity (Wildman–Crippen MR) is 220 cm³/mol.